The molecule has 0 fully saturated rings. The molecule has 1 rings (SSSR count). The molecule has 1 amide bonds. The third kappa shape index (κ3) is 5.52. The Morgan fingerprint density at radius 2 is 2.00 bits per heavy atom. The first-order chi connectivity index (χ1) is 8.24. The molecular weight excluding hydrogens is 216 g/mol. The van der Waals surface area contributed by atoms with Crippen LogP contribution in [0.2, 0.25) is 0 Å². The summed E-state index contributed by atoms with van der Waals surface area (Å²) in [6, 6.07) is 1.65. The van der Waals surface area contributed by atoms with Gasteiger partial charge in [0, 0.05) is 12.6 Å². The van der Waals surface area contributed by atoms with E-state index in [9.17, 15) is 4.79 Å². The molecule has 0 aromatic carbocycles. The number of hydrogen-bond acceptors (Lipinski definition) is 3. The van der Waals surface area contributed by atoms with Crippen molar-refractivity contribution >= 4 is 5.91 Å². The van der Waals surface area contributed by atoms with Gasteiger partial charge in [-0.05, 0) is 13.3 Å². The van der Waals surface area contributed by atoms with Crippen molar-refractivity contribution in [2.75, 3.05) is 6.54 Å². The summed E-state index contributed by atoms with van der Waals surface area (Å²) in [5, 5.41) is 6.51. The number of aromatic nitrogens is 1. The van der Waals surface area contributed by atoms with Crippen LogP contribution in [-0.4, -0.2) is 17.6 Å². The molecular formula is C13H22N2O2. The molecule has 0 aliphatic carbocycles. The van der Waals surface area contributed by atoms with Crippen LogP contribution >= 0.6 is 0 Å². The minimum Gasteiger partial charge on any atom is -0.351 e. The SMILES string of the molecule is CCCCCCCCNC(=O)c1cc(C)no1. The first-order valence-electron chi connectivity index (χ1n) is 6.45. The highest BCUT2D eigenvalue weighted by molar-refractivity contribution is 5.91. The van der Waals surface area contributed by atoms with Crippen LogP contribution in [0, 0.1) is 6.92 Å². The van der Waals surface area contributed by atoms with Gasteiger partial charge in [0.05, 0.1) is 5.69 Å². The van der Waals surface area contributed by atoms with Crippen LogP contribution in [0.1, 0.15) is 61.7 Å². The fraction of sp³-hybridized carbons (Fsp3) is 0.692. The van der Waals surface area contributed by atoms with Crippen molar-refractivity contribution in [3.63, 3.8) is 0 Å². The Morgan fingerprint density at radius 3 is 2.65 bits per heavy atom. The lowest BCUT2D eigenvalue weighted by Crippen LogP contribution is -2.23. The molecule has 0 unspecified atom stereocenters. The fourth-order valence-corrected chi connectivity index (χ4v) is 1.66. The predicted octanol–water partition coefficient (Wildman–Crippen LogP) is 3.07. The zero-order valence-electron chi connectivity index (χ0n) is 10.8. The van der Waals surface area contributed by atoms with Crippen LogP contribution in [0.5, 0.6) is 0 Å². The van der Waals surface area contributed by atoms with E-state index in [1.807, 2.05) is 0 Å². The summed E-state index contributed by atoms with van der Waals surface area (Å²) in [5.74, 6) is 0.132. The summed E-state index contributed by atoms with van der Waals surface area (Å²) in [5.41, 5.74) is 0.731. The largest absolute Gasteiger partial charge is 0.351 e. The van der Waals surface area contributed by atoms with Gasteiger partial charge >= 0.3 is 0 Å². The lowest BCUT2D eigenvalue weighted by molar-refractivity contribution is 0.0916. The molecule has 1 heterocycles. The highest BCUT2D eigenvalue weighted by Crippen LogP contribution is 2.05. The standard InChI is InChI=1S/C13H22N2O2/c1-3-4-5-6-7-8-9-14-13(16)12-10-11(2)15-17-12/h10H,3-9H2,1-2H3,(H,14,16). The van der Waals surface area contributed by atoms with Crippen molar-refractivity contribution in [1.29, 1.82) is 0 Å². The highest BCUT2D eigenvalue weighted by atomic mass is 16.5. The van der Waals surface area contributed by atoms with Crippen molar-refractivity contribution in [3.8, 4) is 0 Å². The zero-order chi connectivity index (χ0) is 12.5. The lowest BCUT2D eigenvalue weighted by atomic mass is 10.1. The molecule has 0 saturated heterocycles. The van der Waals surface area contributed by atoms with Gasteiger partial charge in [0.25, 0.3) is 5.91 Å². The Labute approximate surface area is 103 Å². The summed E-state index contributed by atoms with van der Waals surface area (Å²) in [6.45, 7) is 4.72. The van der Waals surface area contributed by atoms with Gasteiger partial charge < -0.3 is 9.84 Å². The van der Waals surface area contributed by atoms with Gasteiger partial charge in [-0.25, -0.2) is 0 Å². The summed E-state index contributed by atoms with van der Waals surface area (Å²) >= 11 is 0. The van der Waals surface area contributed by atoms with Crippen molar-refractivity contribution in [1.82, 2.24) is 10.5 Å². The maximum atomic E-state index is 11.5. The Bertz CT molecular complexity index is 334. The van der Waals surface area contributed by atoms with Crippen LogP contribution in [0.25, 0.3) is 0 Å². The quantitative estimate of drug-likeness (QED) is 0.708. The van der Waals surface area contributed by atoms with E-state index >= 15 is 0 Å². The van der Waals surface area contributed by atoms with E-state index in [1.165, 1.54) is 32.1 Å². The van der Waals surface area contributed by atoms with Gasteiger partial charge in [0.1, 0.15) is 0 Å². The number of nitrogens with one attached hydrogen (secondary N) is 1. The molecule has 0 saturated carbocycles. The Hall–Kier alpha value is -1.32. The van der Waals surface area contributed by atoms with Crippen LogP contribution in [0.15, 0.2) is 10.6 Å². The van der Waals surface area contributed by atoms with Crippen molar-refractivity contribution in [2.45, 2.75) is 52.4 Å². The Kier molecular flexibility index (Phi) is 6.37. The smallest absolute Gasteiger partial charge is 0.289 e. The fourth-order valence-electron chi connectivity index (χ4n) is 1.66. The minimum absolute atomic E-state index is 0.167. The minimum atomic E-state index is -0.167. The Balaban J connectivity index is 2.05. The number of carbonyl (C=O) groups is 1. The lowest BCUT2D eigenvalue weighted by Gasteiger charge is -2.02. The third-order valence-corrected chi connectivity index (χ3v) is 2.67. The second-order valence-electron chi connectivity index (χ2n) is 4.36. The number of hydrogen-bond donors (Lipinski definition) is 1. The molecule has 96 valence electrons. The first kappa shape index (κ1) is 13.7. The van der Waals surface area contributed by atoms with Gasteiger partial charge in [-0.2, -0.15) is 0 Å². The van der Waals surface area contributed by atoms with E-state index in [4.69, 9.17) is 4.52 Å². The van der Waals surface area contributed by atoms with Crippen LogP contribution in [0.3, 0.4) is 0 Å². The first-order valence-corrected chi connectivity index (χ1v) is 6.45. The van der Waals surface area contributed by atoms with E-state index in [0.717, 1.165) is 12.1 Å². The molecule has 1 N–H and O–H groups in total. The van der Waals surface area contributed by atoms with Crippen molar-refractivity contribution in [3.05, 3.63) is 17.5 Å². The topological polar surface area (TPSA) is 55.1 Å². The second kappa shape index (κ2) is 7.87. The average Bonchev–Trinajstić information content (AvgIpc) is 2.74. The van der Waals surface area contributed by atoms with Gasteiger partial charge in [-0.1, -0.05) is 44.2 Å². The number of rotatable bonds is 8. The van der Waals surface area contributed by atoms with Crippen molar-refractivity contribution < 1.29 is 9.32 Å². The molecule has 0 radical (unpaired) electrons. The van der Waals surface area contributed by atoms with Crippen molar-refractivity contribution in [2.24, 2.45) is 0 Å². The molecule has 4 nitrogen and oxygen atoms in total. The predicted molar refractivity (Wildman–Crippen MR) is 66.9 cm³/mol. The van der Waals surface area contributed by atoms with Gasteiger partial charge in [-0.3, -0.25) is 4.79 Å². The molecule has 0 spiro atoms. The van der Waals surface area contributed by atoms with E-state index in [-0.39, 0.29) is 5.91 Å². The number of unbranched alkanes of at least 4 members (excludes halogenated alkanes) is 5. The summed E-state index contributed by atoms with van der Waals surface area (Å²) in [6.07, 6.45) is 7.33. The normalized spacial score (nSPS) is 10.5. The summed E-state index contributed by atoms with van der Waals surface area (Å²) in [4.78, 5) is 11.5. The van der Waals surface area contributed by atoms with Crippen LogP contribution < -0.4 is 5.32 Å². The van der Waals surface area contributed by atoms with E-state index in [0.29, 0.717) is 12.3 Å². The number of aryl methyl sites for hydroxylation is 1. The van der Waals surface area contributed by atoms with Gasteiger partial charge in [0.2, 0.25) is 5.76 Å². The average molecular weight is 238 g/mol. The van der Waals surface area contributed by atoms with Gasteiger partial charge in [0.15, 0.2) is 0 Å². The molecule has 0 aliphatic rings. The van der Waals surface area contributed by atoms with E-state index in [1.54, 1.807) is 13.0 Å². The van der Waals surface area contributed by atoms with E-state index < -0.39 is 0 Å². The highest BCUT2D eigenvalue weighted by Gasteiger charge is 2.09. The Morgan fingerprint density at radius 1 is 1.29 bits per heavy atom. The molecule has 4 heteroatoms. The molecule has 1 aromatic heterocycles. The second-order valence-corrected chi connectivity index (χ2v) is 4.36. The zero-order valence-corrected chi connectivity index (χ0v) is 10.8. The molecule has 1 aromatic rings. The van der Waals surface area contributed by atoms with Crippen LogP contribution in [-0.2, 0) is 0 Å². The summed E-state index contributed by atoms with van der Waals surface area (Å²) < 4.78 is 4.87. The molecule has 0 atom stereocenters. The maximum absolute atomic E-state index is 11.5. The maximum Gasteiger partial charge on any atom is 0.289 e. The molecule has 0 aliphatic heterocycles. The monoisotopic (exact) mass is 238 g/mol. The number of amides is 1. The number of nitrogens with zero attached hydrogens (tertiary/aromatic N) is 1. The molecule has 0 bridgehead atoms. The van der Waals surface area contributed by atoms with Gasteiger partial charge in [-0.15, -0.1) is 0 Å². The third-order valence-electron chi connectivity index (χ3n) is 2.67. The van der Waals surface area contributed by atoms with Crippen LogP contribution in [0.4, 0.5) is 0 Å². The molecule has 17 heavy (non-hydrogen) atoms. The number of carbonyl (C=O) groups excluding carboxylic acids is 1. The van der Waals surface area contributed by atoms with E-state index in [2.05, 4.69) is 17.4 Å². The summed E-state index contributed by atoms with van der Waals surface area (Å²) in [7, 11) is 0.